The highest BCUT2D eigenvalue weighted by molar-refractivity contribution is 6.10. The number of amides is 1. The molecule has 0 bridgehead atoms. The van der Waals surface area contributed by atoms with E-state index in [2.05, 4.69) is 11.9 Å². The molecule has 29 heavy (non-hydrogen) atoms. The fourth-order valence-corrected chi connectivity index (χ4v) is 4.43. The van der Waals surface area contributed by atoms with Gasteiger partial charge in [0.05, 0.1) is 12.0 Å². The Kier molecular flexibility index (Phi) is 4.27. The summed E-state index contributed by atoms with van der Waals surface area (Å²) in [6, 6.07) is 13.8. The molecule has 0 radical (unpaired) electrons. The predicted molar refractivity (Wildman–Crippen MR) is 109 cm³/mol. The Morgan fingerprint density at radius 1 is 1.10 bits per heavy atom. The first kappa shape index (κ1) is 17.8. The number of para-hydroxylation sites is 1. The van der Waals surface area contributed by atoms with Gasteiger partial charge in [-0.3, -0.25) is 4.79 Å². The van der Waals surface area contributed by atoms with Crippen molar-refractivity contribution in [2.45, 2.75) is 31.7 Å². The molecule has 3 aromatic rings. The fraction of sp³-hybridized carbons (Fsp3) is 0.304. The molecule has 1 unspecified atom stereocenters. The molecule has 148 valence electrons. The van der Waals surface area contributed by atoms with Crippen LogP contribution in [0.15, 0.2) is 61.2 Å². The highest BCUT2D eigenvalue weighted by Gasteiger charge is 2.53. The summed E-state index contributed by atoms with van der Waals surface area (Å²) in [6.07, 6.45) is 8.46. The number of fused-ring (bicyclic) bond motifs is 2. The monoisotopic (exact) mass is 389 g/mol. The number of carbonyl (C=O) groups excluding carboxylic acids is 1. The molecule has 6 heteroatoms. The van der Waals surface area contributed by atoms with Crippen LogP contribution in [0.4, 0.5) is 5.69 Å². The van der Waals surface area contributed by atoms with Crippen molar-refractivity contribution >= 4 is 11.6 Å². The van der Waals surface area contributed by atoms with Gasteiger partial charge in [0.25, 0.3) is 5.91 Å². The summed E-state index contributed by atoms with van der Waals surface area (Å²) in [6.45, 7) is 3.07. The van der Waals surface area contributed by atoms with Crippen molar-refractivity contribution in [3.05, 3.63) is 72.3 Å². The normalized spacial score (nSPS) is 19.6. The molecule has 0 saturated carbocycles. The van der Waals surface area contributed by atoms with Gasteiger partial charge >= 0.3 is 0 Å². The minimum atomic E-state index is -1.01. The van der Waals surface area contributed by atoms with E-state index in [0.717, 1.165) is 36.1 Å². The first-order chi connectivity index (χ1) is 14.3. The number of aromatic nitrogens is 2. The third kappa shape index (κ3) is 2.55. The number of imidazole rings is 1. The molecule has 0 spiro atoms. The maximum absolute atomic E-state index is 14.1. The molecule has 0 fully saturated rings. The maximum atomic E-state index is 14.1. The molecule has 0 saturated heterocycles. The molecule has 1 atom stereocenters. The van der Waals surface area contributed by atoms with Crippen LogP contribution in [0.5, 0.6) is 11.5 Å². The minimum Gasteiger partial charge on any atom is -0.454 e. The van der Waals surface area contributed by atoms with Gasteiger partial charge in [-0.25, -0.2) is 4.98 Å². The van der Waals surface area contributed by atoms with Gasteiger partial charge in [0.15, 0.2) is 17.0 Å². The number of rotatable bonds is 6. The van der Waals surface area contributed by atoms with Gasteiger partial charge in [0, 0.05) is 24.5 Å². The van der Waals surface area contributed by atoms with Crippen LogP contribution in [0, 0.1) is 0 Å². The number of unbranched alkanes of at least 4 members (excludes halogenated alkanes) is 2. The zero-order chi connectivity index (χ0) is 19.8. The Morgan fingerprint density at radius 2 is 1.97 bits per heavy atom. The number of benzene rings is 2. The third-order valence-corrected chi connectivity index (χ3v) is 5.81. The summed E-state index contributed by atoms with van der Waals surface area (Å²) in [5.41, 5.74) is 1.74. The fourth-order valence-electron chi connectivity index (χ4n) is 4.43. The average Bonchev–Trinajstić information content (AvgIpc) is 3.48. The van der Waals surface area contributed by atoms with Gasteiger partial charge in [0.2, 0.25) is 6.79 Å². The third-order valence-electron chi connectivity index (χ3n) is 5.81. The second-order valence-corrected chi connectivity index (χ2v) is 7.43. The van der Waals surface area contributed by atoms with E-state index >= 15 is 0 Å². The molecule has 3 heterocycles. The zero-order valence-corrected chi connectivity index (χ0v) is 16.4. The Labute approximate surface area is 169 Å². The van der Waals surface area contributed by atoms with E-state index in [-0.39, 0.29) is 12.7 Å². The summed E-state index contributed by atoms with van der Waals surface area (Å²) in [5, 5.41) is 0. The molecule has 6 nitrogen and oxygen atoms in total. The van der Waals surface area contributed by atoms with Gasteiger partial charge in [0.1, 0.15) is 0 Å². The SMILES string of the molecule is CCCCCN1C(=O)C(c2ccc3c(c2)OCO3)(n2ccnc2)c2ccccc21. The van der Waals surface area contributed by atoms with Crippen LogP contribution < -0.4 is 14.4 Å². The topological polar surface area (TPSA) is 56.6 Å². The van der Waals surface area contributed by atoms with Crippen LogP contribution >= 0.6 is 0 Å². The summed E-state index contributed by atoms with van der Waals surface area (Å²) < 4.78 is 13.0. The van der Waals surface area contributed by atoms with E-state index in [1.807, 2.05) is 58.1 Å². The number of nitrogens with zero attached hydrogens (tertiary/aromatic N) is 3. The van der Waals surface area contributed by atoms with Crippen LogP contribution in [-0.2, 0) is 10.3 Å². The lowest BCUT2D eigenvalue weighted by Gasteiger charge is -2.31. The van der Waals surface area contributed by atoms with Crippen molar-refractivity contribution in [2.75, 3.05) is 18.2 Å². The molecular weight excluding hydrogens is 366 g/mol. The van der Waals surface area contributed by atoms with Gasteiger partial charge < -0.3 is 18.9 Å². The molecule has 1 amide bonds. The van der Waals surface area contributed by atoms with Crippen LogP contribution in [-0.4, -0.2) is 28.8 Å². The molecular formula is C23H23N3O3. The maximum Gasteiger partial charge on any atom is 0.262 e. The Morgan fingerprint density at radius 3 is 2.79 bits per heavy atom. The van der Waals surface area contributed by atoms with Gasteiger partial charge in [-0.2, -0.15) is 0 Å². The standard InChI is InChI=1S/C23H23N3O3/c1-2-3-6-12-26-19-8-5-4-7-18(19)23(22(26)27,25-13-11-24-15-25)17-9-10-20-21(14-17)29-16-28-20/h4-5,7-11,13-15H,2-3,6,12,16H2,1H3. The predicted octanol–water partition coefficient (Wildman–Crippen LogP) is 3.94. The highest BCUT2D eigenvalue weighted by Crippen LogP contribution is 2.49. The Hall–Kier alpha value is -3.28. The molecule has 0 aliphatic carbocycles. The van der Waals surface area contributed by atoms with E-state index in [1.165, 1.54) is 0 Å². The number of hydrogen-bond donors (Lipinski definition) is 0. The zero-order valence-electron chi connectivity index (χ0n) is 16.4. The lowest BCUT2D eigenvalue weighted by molar-refractivity contribution is -0.122. The summed E-state index contributed by atoms with van der Waals surface area (Å²) in [5.74, 6) is 1.40. The van der Waals surface area contributed by atoms with Crippen LogP contribution in [0.1, 0.15) is 37.3 Å². The van der Waals surface area contributed by atoms with Gasteiger partial charge in [-0.1, -0.05) is 44.0 Å². The van der Waals surface area contributed by atoms with Gasteiger partial charge in [-0.05, 0) is 30.2 Å². The molecule has 0 N–H and O–H groups in total. The number of carbonyl (C=O) groups is 1. The molecule has 2 aliphatic heterocycles. The molecule has 5 rings (SSSR count). The smallest absolute Gasteiger partial charge is 0.262 e. The second kappa shape index (κ2) is 6.95. The van der Waals surface area contributed by atoms with E-state index in [9.17, 15) is 4.79 Å². The van der Waals surface area contributed by atoms with Gasteiger partial charge in [-0.15, -0.1) is 0 Å². The van der Waals surface area contributed by atoms with Crippen LogP contribution in [0.2, 0.25) is 0 Å². The number of anilines is 1. The first-order valence-electron chi connectivity index (χ1n) is 10.1. The van der Waals surface area contributed by atoms with E-state index in [1.54, 1.807) is 12.5 Å². The highest BCUT2D eigenvalue weighted by atomic mass is 16.7. The molecule has 1 aromatic heterocycles. The average molecular weight is 389 g/mol. The lowest BCUT2D eigenvalue weighted by Crippen LogP contribution is -2.46. The van der Waals surface area contributed by atoms with Crippen molar-refractivity contribution in [1.82, 2.24) is 9.55 Å². The Bertz CT molecular complexity index is 1050. The van der Waals surface area contributed by atoms with Crippen LogP contribution in [0.25, 0.3) is 0 Å². The molecule has 2 aliphatic rings. The number of ether oxygens (including phenoxy) is 2. The van der Waals surface area contributed by atoms with Crippen molar-refractivity contribution in [3.63, 3.8) is 0 Å². The summed E-state index contributed by atoms with van der Waals surface area (Å²) in [4.78, 5) is 20.3. The first-order valence-corrected chi connectivity index (χ1v) is 10.1. The largest absolute Gasteiger partial charge is 0.454 e. The van der Waals surface area contributed by atoms with E-state index in [0.29, 0.717) is 18.0 Å². The summed E-state index contributed by atoms with van der Waals surface area (Å²) in [7, 11) is 0. The van der Waals surface area contributed by atoms with Crippen molar-refractivity contribution < 1.29 is 14.3 Å². The summed E-state index contributed by atoms with van der Waals surface area (Å²) >= 11 is 0. The van der Waals surface area contributed by atoms with Crippen molar-refractivity contribution in [1.29, 1.82) is 0 Å². The Balaban J connectivity index is 1.72. The van der Waals surface area contributed by atoms with Crippen LogP contribution in [0.3, 0.4) is 0 Å². The number of hydrogen-bond acceptors (Lipinski definition) is 4. The van der Waals surface area contributed by atoms with E-state index < -0.39 is 5.54 Å². The molecule has 2 aromatic carbocycles. The van der Waals surface area contributed by atoms with E-state index in [4.69, 9.17) is 9.47 Å². The van der Waals surface area contributed by atoms with Crippen molar-refractivity contribution in [3.8, 4) is 11.5 Å². The minimum absolute atomic E-state index is 0.0340. The van der Waals surface area contributed by atoms with Crippen molar-refractivity contribution in [2.24, 2.45) is 0 Å². The quantitative estimate of drug-likeness (QED) is 0.599. The lowest BCUT2D eigenvalue weighted by atomic mass is 9.83. The second-order valence-electron chi connectivity index (χ2n) is 7.43.